The summed E-state index contributed by atoms with van der Waals surface area (Å²) in [5.41, 5.74) is 5.59. The lowest BCUT2D eigenvalue weighted by Crippen LogP contribution is -2.46. The van der Waals surface area contributed by atoms with Gasteiger partial charge in [-0.3, -0.25) is 38.4 Å². The average molecular weight is 1080 g/mol. The van der Waals surface area contributed by atoms with Crippen molar-refractivity contribution in [2.24, 2.45) is 64.9 Å². The van der Waals surface area contributed by atoms with E-state index in [0.29, 0.717) is 74.9 Å². The van der Waals surface area contributed by atoms with Crippen LogP contribution < -0.4 is 21.7 Å². The van der Waals surface area contributed by atoms with Gasteiger partial charge in [0, 0.05) is 67.1 Å². The lowest BCUT2D eigenvalue weighted by Gasteiger charge is -2.26. The molecule has 0 heterocycles. The largest absolute Gasteiger partial charge is 0.468 e. The molecule has 436 valence electrons. The third-order valence-electron chi connectivity index (χ3n) is 15.1. The number of Topliss-reactive ketones (excluding diaryl/α,β-unsaturated/α-hetero) is 4. The van der Waals surface area contributed by atoms with Crippen molar-refractivity contribution in [1.82, 2.24) is 16.0 Å². The molecule has 4 fully saturated rings. The standard InChI is InChI=1S/C17H29NO4.C16H29NO3.C16H27NO3.C10H17NO3/c1-11(2)9-12(3)16(20)18-14(17(21)22-4)10-13-7-5-6-8-15(13)19;2*1-11(2)8-12(3)16(20)17-14(10-18)9-13-6-4-5-7-15(13)19;1-14-10(13)8(11)6-7-4-2-3-5-9(7)12/h11-14H,5-10H2,1-4H3,(H,18,20);11-14,18H,4-10H2,1-3H3,(H,17,20);10-14H,4-9H2,1-3H3,(H,17,20);7-8H,2-6,11H2,1H3/t3*12-,13-,14-;7-,8-/m0000/s1. The Labute approximate surface area is 456 Å². The summed E-state index contributed by atoms with van der Waals surface area (Å²) in [5, 5.41) is 17.9. The van der Waals surface area contributed by atoms with Crippen molar-refractivity contribution in [3.8, 4) is 0 Å². The summed E-state index contributed by atoms with van der Waals surface area (Å²) in [5.74, 6) is 0.662. The second-order valence-corrected chi connectivity index (χ2v) is 23.5. The van der Waals surface area contributed by atoms with Crippen LogP contribution in [0.4, 0.5) is 0 Å². The molecule has 4 rings (SSSR count). The molecular formula is C59H102N4O13. The van der Waals surface area contributed by atoms with Crippen molar-refractivity contribution in [3.05, 3.63) is 0 Å². The van der Waals surface area contributed by atoms with E-state index >= 15 is 0 Å². The Hall–Kier alpha value is -4.38. The van der Waals surface area contributed by atoms with E-state index in [-0.39, 0.29) is 89.1 Å². The zero-order chi connectivity index (χ0) is 57.5. The summed E-state index contributed by atoms with van der Waals surface area (Å²) in [6.07, 6.45) is 18.9. The fourth-order valence-electron chi connectivity index (χ4n) is 10.8. The van der Waals surface area contributed by atoms with Crippen molar-refractivity contribution < 1.29 is 62.5 Å². The van der Waals surface area contributed by atoms with Gasteiger partial charge < -0.3 is 41.1 Å². The van der Waals surface area contributed by atoms with Crippen LogP contribution >= 0.6 is 0 Å². The molecule has 0 aromatic heterocycles. The lowest BCUT2D eigenvalue weighted by molar-refractivity contribution is -0.146. The van der Waals surface area contributed by atoms with Crippen molar-refractivity contribution in [2.75, 3.05) is 20.8 Å². The Balaban J connectivity index is 0.000000512. The summed E-state index contributed by atoms with van der Waals surface area (Å²) < 4.78 is 9.30. The summed E-state index contributed by atoms with van der Waals surface area (Å²) >= 11 is 0. The van der Waals surface area contributed by atoms with Gasteiger partial charge in [0.05, 0.1) is 32.9 Å². The summed E-state index contributed by atoms with van der Waals surface area (Å²) in [4.78, 5) is 117. The minimum absolute atomic E-state index is 0.0130. The van der Waals surface area contributed by atoms with Crippen molar-refractivity contribution in [3.63, 3.8) is 0 Å². The topological polar surface area (TPSA) is 272 Å². The highest BCUT2D eigenvalue weighted by Crippen LogP contribution is 2.28. The number of ketones is 4. The van der Waals surface area contributed by atoms with Crippen molar-refractivity contribution in [2.45, 2.75) is 234 Å². The number of ether oxygens (including phenoxy) is 2. The number of esters is 2. The number of nitrogens with two attached hydrogens (primary N) is 1. The second-order valence-electron chi connectivity index (χ2n) is 23.5. The molecule has 0 aromatic carbocycles. The van der Waals surface area contributed by atoms with Crippen LogP contribution in [0.15, 0.2) is 0 Å². The molecule has 0 aromatic rings. The van der Waals surface area contributed by atoms with Crippen LogP contribution in [0, 0.1) is 59.2 Å². The van der Waals surface area contributed by atoms with Crippen molar-refractivity contribution >= 4 is 59.1 Å². The third kappa shape index (κ3) is 28.3. The van der Waals surface area contributed by atoms with Crippen LogP contribution in [-0.4, -0.2) is 109 Å². The zero-order valence-corrected chi connectivity index (χ0v) is 48.6. The number of carbonyl (C=O) groups excluding carboxylic acids is 10. The molecule has 3 amide bonds. The van der Waals surface area contributed by atoms with Gasteiger partial charge in [0.15, 0.2) is 0 Å². The Morgan fingerprint density at radius 2 is 0.855 bits per heavy atom. The first-order valence-corrected chi connectivity index (χ1v) is 28.9. The molecule has 4 aliphatic rings. The molecule has 0 spiro atoms. The monoisotopic (exact) mass is 1070 g/mol. The number of rotatable bonds is 24. The third-order valence-corrected chi connectivity index (χ3v) is 15.1. The first-order chi connectivity index (χ1) is 35.9. The zero-order valence-electron chi connectivity index (χ0n) is 48.6. The number of aldehydes is 1. The van der Waals surface area contributed by atoms with E-state index in [1.165, 1.54) is 14.2 Å². The molecule has 6 N–H and O–H groups in total. The molecule has 0 bridgehead atoms. The van der Waals surface area contributed by atoms with E-state index in [9.17, 15) is 53.1 Å². The van der Waals surface area contributed by atoms with Gasteiger partial charge >= 0.3 is 11.9 Å². The van der Waals surface area contributed by atoms with Gasteiger partial charge in [-0.25, -0.2) is 4.79 Å². The molecule has 4 saturated carbocycles. The maximum atomic E-state index is 12.2. The van der Waals surface area contributed by atoms with E-state index in [0.717, 1.165) is 103 Å². The smallest absolute Gasteiger partial charge is 0.328 e. The summed E-state index contributed by atoms with van der Waals surface area (Å²) in [6, 6.07) is -2.18. The Morgan fingerprint density at radius 1 is 0.513 bits per heavy atom. The average Bonchev–Trinajstić information content (AvgIpc) is 3.37. The highest BCUT2D eigenvalue weighted by atomic mass is 16.5. The quantitative estimate of drug-likeness (QED) is 0.0454. The SMILES string of the molecule is CC(C)C[C@H](C)C(=O)N[C@H](C=O)C[C@@H]1CCCCC1=O.CC(C)C[C@H](C)C(=O)N[C@H](CO)C[C@@H]1CCCCC1=O.COC(=O)[C@@H](N)C[C@@H]1CCCCC1=O.COC(=O)[C@H](C[C@@H]1CCCCC1=O)NC(=O)[C@@H](C)CC(C)C. The van der Waals surface area contributed by atoms with E-state index in [1.807, 2.05) is 20.8 Å². The molecule has 0 unspecified atom stereocenters. The molecule has 0 saturated heterocycles. The van der Waals surface area contributed by atoms with Gasteiger partial charge in [-0.15, -0.1) is 0 Å². The maximum absolute atomic E-state index is 12.2. The second kappa shape index (κ2) is 38.2. The highest BCUT2D eigenvalue weighted by molar-refractivity contribution is 5.88. The number of nitrogens with one attached hydrogen (secondary N) is 3. The number of amides is 3. The predicted molar refractivity (Wildman–Crippen MR) is 293 cm³/mol. The summed E-state index contributed by atoms with van der Waals surface area (Å²) in [6.45, 7) is 18.0. The number of aliphatic hydroxyl groups is 1. The fourth-order valence-corrected chi connectivity index (χ4v) is 10.8. The Bertz CT molecular complexity index is 1820. The van der Waals surface area contributed by atoms with Crippen LogP contribution in [0.25, 0.3) is 0 Å². The molecule has 11 atom stereocenters. The molecule has 17 heteroatoms. The van der Waals surface area contributed by atoms with Crippen LogP contribution in [0.1, 0.15) is 210 Å². The molecule has 0 aliphatic heterocycles. The molecular weight excluding hydrogens is 973 g/mol. The Kier molecular flexibility index (Phi) is 35.0. The fraction of sp³-hybridized carbons (Fsp3) is 0.831. The van der Waals surface area contributed by atoms with Crippen LogP contribution in [0.2, 0.25) is 0 Å². The number of carbonyl (C=O) groups is 10. The molecule has 0 radical (unpaired) electrons. The molecule has 17 nitrogen and oxygen atoms in total. The van der Waals surface area contributed by atoms with Gasteiger partial charge in [0.1, 0.15) is 41.5 Å². The number of hydrogen-bond acceptors (Lipinski definition) is 14. The molecule has 4 aliphatic carbocycles. The number of hydrogen-bond donors (Lipinski definition) is 5. The van der Waals surface area contributed by atoms with Crippen molar-refractivity contribution in [1.29, 1.82) is 0 Å². The van der Waals surface area contributed by atoms with Gasteiger partial charge in [-0.05, 0) is 114 Å². The first kappa shape index (κ1) is 69.6. The van der Waals surface area contributed by atoms with Crippen LogP contribution in [0.5, 0.6) is 0 Å². The van der Waals surface area contributed by atoms with E-state index < -0.39 is 30.1 Å². The maximum Gasteiger partial charge on any atom is 0.328 e. The van der Waals surface area contributed by atoms with E-state index in [1.54, 1.807) is 0 Å². The highest BCUT2D eigenvalue weighted by Gasteiger charge is 2.33. The predicted octanol–water partition coefficient (Wildman–Crippen LogP) is 7.91. The van der Waals surface area contributed by atoms with Gasteiger partial charge in [0.25, 0.3) is 0 Å². The van der Waals surface area contributed by atoms with Crippen LogP contribution in [0.3, 0.4) is 0 Å². The Morgan fingerprint density at radius 3 is 1.20 bits per heavy atom. The van der Waals surface area contributed by atoms with Gasteiger partial charge in [-0.2, -0.15) is 0 Å². The normalized spacial score (nSPS) is 22.5. The number of methoxy groups -OCH3 is 2. The van der Waals surface area contributed by atoms with Gasteiger partial charge in [0.2, 0.25) is 17.7 Å². The lowest BCUT2D eigenvalue weighted by atomic mass is 9.83. The minimum Gasteiger partial charge on any atom is -0.468 e. The molecule has 76 heavy (non-hydrogen) atoms. The van der Waals surface area contributed by atoms with E-state index in [2.05, 4.69) is 62.2 Å². The van der Waals surface area contributed by atoms with Gasteiger partial charge in [-0.1, -0.05) is 88.0 Å². The number of aliphatic hydroxyl groups excluding tert-OH is 1. The summed E-state index contributed by atoms with van der Waals surface area (Å²) in [7, 11) is 2.62. The minimum atomic E-state index is -0.723. The van der Waals surface area contributed by atoms with E-state index in [4.69, 9.17) is 10.5 Å². The first-order valence-electron chi connectivity index (χ1n) is 28.9. The van der Waals surface area contributed by atoms with Crippen LogP contribution in [-0.2, 0) is 57.4 Å².